The number of nitrogens with one attached hydrogen (secondary N) is 2. The van der Waals surface area contributed by atoms with Crippen molar-refractivity contribution in [3.05, 3.63) is 23.2 Å². The van der Waals surface area contributed by atoms with Gasteiger partial charge >= 0.3 is 0 Å². The monoisotopic (exact) mass is 374 g/mol. The summed E-state index contributed by atoms with van der Waals surface area (Å²) in [6, 6.07) is 4.33. The van der Waals surface area contributed by atoms with E-state index in [1.54, 1.807) is 0 Å². The number of nitrogens with zero attached hydrogens (tertiary/aromatic N) is 1. The second-order valence-corrected chi connectivity index (χ2v) is 9.16. The Morgan fingerprint density at radius 2 is 2.12 bits per heavy atom. The van der Waals surface area contributed by atoms with E-state index in [0.29, 0.717) is 23.2 Å². The number of quaternary nitrogens is 1. The van der Waals surface area contributed by atoms with Crippen molar-refractivity contribution in [3.8, 4) is 0 Å². The minimum Gasteiger partial charge on any atom is -0.327 e. The van der Waals surface area contributed by atoms with E-state index in [1.165, 1.54) is 43.6 Å². The molecular weight excluding hydrogens is 350 g/mol. The highest BCUT2D eigenvalue weighted by molar-refractivity contribution is 7.89. The first-order valence-electron chi connectivity index (χ1n) is 8.05. The molecule has 0 bridgehead atoms. The first kappa shape index (κ1) is 19.2. The third-order valence-corrected chi connectivity index (χ3v) is 6.41. The van der Waals surface area contributed by atoms with E-state index >= 15 is 0 Å². The Kier molecular flexibility index (Phi) is 6.25. The molecule has 1 aromatic carbocycles. The molecule has 1 fully saturated rings. The van der Waals surface area contributed by atoms with Crippen LogP contribution in [0.4, 0.5) is 5.69 Å². The van der Waals surface area contributed by atoms with Crippen molar-refractivity contribution in [1.82, 2.24) is 4.31 Å². The lowest BCUT2D eigenvalue weighted by Gasteiger charge is -2.27. The standard InChI is InChI=1S/C16H24ClN3O3S/c1-12-5-4-8-20(10-12)11-16(21)18-15-9-13(6-7-14(15)17)24(22,23)19(2)3/h6-7,9,12H,4-5,8,10-11H2,1-3H3,(H,18,21)/p+1/t12-/m1/s1. The normalized spacial score (nSPS) is 21.7. The van der Waals surface area contributed by atoms with Gasteiger partial charge in [0.25, 0.3) is 5.91 Å². The Balaban J connectivity index is 2.10. The van der Waals surface area contributed by atoms with E-state index in [1.807, 2.05) is 0 Å². The zero-order valence-corrected chi connectivity index (χ0v) is 15.9. The van der Waals surface area contributed by atoms with E-state index < -0.39 is 10.0 Å². The Bertz CT molecular complexity index is 707. The lowest BCUT2D eigenvalue weighted by molar-refractivity contribution is -0.900. The van der Waals surface area contributed by atoms with Crippen LogP contribution in [0.3, 0.4) is 0 Å². The molecule has 1 aliphatic heterocycles. The zero-order valence-electron chi connectivity index (χ0n) is 14.3. The van der Waals surface area contributed by atoms with Crippen LogP contribution in [0, 0.1) is 5.92 Å². The number of benzene rings is 1. The molecule has 24 heavy (non-hydrogen) atoms. The number of likely N-dealkylation sites (tertiary alicyclic amines) is 1. The topological polar surface area (TPSA) is 70.9 Å². The molecule has 1 aromatic rings. The Hall–Kier alpha value is -1.15. The number of hydrogen-bond donors (Lipinski definition) is 2. The molecule has 2 atom stereocenters. The molecule has 6 nitrogen and oxygen atoms in total. The smallest absolute Gasteiger partial charge is 0.279 e. The maximum atomic E-state index is 12.3. The van der Waals surface area contributed by atoms with Crippen LogP contribution in [0.5, 0.6) is 0 Å². The van der Waals surface area contributed by atoms with Crippen molar-refractivity contribution < 1.29 is 18.1 Å². The van der Waals surface area contributed by atoms with E-state index in [2.05, 4.69) is 12.2 Å². The van der Waals surface area contributed by atoms with E-state index in [-0.39, 0.29) is 10.8 Å². The summed E-state index contributed by atoms with van der Waals surface area (Å²) in [4.78, 5) is 13.6. The van der Waals surface area contributed by atoms with Crippen LogP contribution in [-0.2, 0) is 14.8 Å². The molecule has 0 aromatic heterocycles. The highest BCUT2D eigenvalue weighted by Gasteiger charge is 2.23. The number of piperidine rings is 1. The summed E-state index contributed by atoms with van der Waals surface area (Å²) in [5.74, 6) is 0.471. The molecule has 134 valence electrons. The fraction of sp³-hybridized carbons (Fsp3) is 0.562. The van der Waals surface area contributed by atoms with Crippen LogP contribution in [0.2, 0.25) is 5.02 Å². The van der Waals surface area contributed by atoms with Crippen LogP contribution in [0.1, 0.15) is 19.8 Å². The summed E-state index contributed by atoms with van der Waals surface area (Å²) in [5.41, 5.74) is 0.328. The Labute approximate surface area is 148 Å². The summed E-state index contributed by atoms with van der Waals surface area (Å²) in [7, 11) is -0.645. The van der Waals surface area contributed by atoms with E-state index in [0.717, 1.165) is 23.8 Å². The predicted molar refractivity (Wildman–Crippen MR) is 94.9 cm³/mol. The zero-order chi connectivity index (χ0) is 17.9. The van der Waals surface area contributed by atoms with Crippen molar-refractivity contribution in [2.45, 2.75) is 24.7 Å². The van der Waals surface area contributed by atoms with Crippen molar-refractivity contribution in [2.24, 2.45) is 5.92 Å². The average Bonchev–Trinajstić information content (AvgIpc) is 2.49. The fourth-order valence-corrected chi connectivity index (χ4v) is 4.04. The molecule has 1 unspecified atom stereocenters. The molecule has 1 saturated heterocycles. The quantitative estimate of drug-likeness (QED) is 0.802. The van der Waals surface area contributed by atoms with E-state index in [4.69, 9.17) is 11.6 Å². The third-order valence-electron chi connectivity index (χ3n) is 4.27. The largest absolute Gasteiger partial charge is 0.327 e. The van der Waals surface area contributed by atoms with Crippen LogP contribution in [0.25, 0.3) is 0 Å². The number of amides is 1. The van der Waals surface area contributed by atoms with Gasteiger partial charge in [-0.2, -0.15) is 0 Å². The molecule has 0 aliphatic carbocycles. The lowest BCUT2D eigenvalue weighted by Crippen LogP contribution is -3.14. The maximum absolute atomic E-state index is 12.3. The molecule has 0 saturated carbocycles. The van der Waals surface area contributed by atoms with Gasteiger partial charge in [-0.1, -0.05) is 18.5 Å². The number of rotatable bonds is 5. The molecule has 2 N–H and O–H groups in total. The van der Waals surface area contributed by atoms with E-state index in [9.17, 15) is 13.2 Å². The number of sulfonamides is 1. The van der Waals surface area contributed by atoms with Gasteiger partial charge in [0.2, 0.25) is 10.0 Å². The second kappa shape index (κ2) is 7.82. The van der Waals surface area contributed by atoms with Crippen molar-refractivity contribution in [2.75, 3.05) is 39.0 Å². The van der Waals surface area contributed by atoms with Crippen LogP contribution in [-0.4, -0.2) is 52.4 Å². The molecule has 0 radical (unpaired) electrons. The highest BCUT2D eigenvalue weighted by atomic mass is 35.5. The first-order chi connectivity index (χ1) is 11.2. The number of anilines is 1. The minimum absolute atomic E-state index is 0.103. The lowest BCUT2D eigenvalue weighted by atomic mass is 10.0. The number of hydrogen-bond acceptors (Lipinski definition) is 3. The number of halogens is 1. The molecule has 1 amide bonds. The van der Waals surface area contributed by atoms with Gasteiger partial charge in [-0.25, -0.2) is 12.7 Å². The Morgan fingerprint density at radius 3 is 2.75 bits per heavy atom. The van der Waals surface area contributed by atoms with Crippen LogP contribution in [0.15, 0.2) is 23.1 Å². The summed E-state index contributed by atoms with van der Waals surface area (Å²) in [6.07, 6.45) is 2.34. The minimum atomic E-state index is -3.57. The van der Waals surface area contributed by atoms with Gasteiger partial charge < -0.3 is 10.2 Å². The van der Waals surface area contributed by atoms with Gasteiger partial charge in [0.15, 0.2) is 6.54 Å². The van der Waals surface area contributed by atoms with Gasteiger partial charge in [-0.05, 0) is 31.0 Å². The third kappa shape index (κ3) is 4.69. The van der Waals surface area contributed by atoms with Gasteiger partial charge in [0, 0.05) is 20.0 Å². The molecule has 1 aliphatic rings. The fourth-order valence-electron chi connectivity index (χ4n) is 2.95. The summed E-state index contributed by atoms with van der Waals surface area (Å²) in [5, 5.41) is 3.07. The predicted octanol–water partition coefficient (Wildman–Crippen LogP) is 0.844. The second-order valence-electron chi connectivity index (χ2n) is 6.61. The van der Waals surface area contributed by atoms with Crippen LogP contribution >= 0.6 is 11.6 Å². The molecule has 2 rings (SSSR count). The molecular formula is C16H25ClN3O3S+. The summed E-state index contributed by atoms with van der Waals surface area (Å²) in [6.45, 7) is 4.53. The van der Waals surface area contributed by atoms with Crippen molar-refractivity contribution in [3.63, 3.8) is 0 Å². The van der Waals surface area contributed by atoms with Gasteiger partial charge in [0.1, 0.15) is 0 Å². The summed E-state index contributed by atoms with van der Waals surface area (Å²) >= 11 is 6.11. The maximum Gasteiger partial charge on any atom is 0.279 e. The van der Waals surface area contributed by atoms with Gasteiger partial charge in [-0.15, -0.1) is 0 Å². The molecule has 1 heterocycles. The molecule has 0 spiro atoms. The SMILES string of the molecule is C[C@@H]1CCC[NH+](CC(=O)Nc2cc(S(=O)(=O)N(C)C)ccc2Cl)C1. The van der Waals surface area contributed by atoms with Crippen molar-refractivity contribution >= 4 is 33.2 Å². The number of carbonyl (C=O) groups excluding carboxylic acids is 1. The Morgan fingerprint density at radius 1 is 1.42 bits per heavy atom. The summed E-state index contributed by atoms with van der Waals surface area (Å²) < 4.78 is 25.5. The van der Waals surface area contributed by atoms with Gasteiger partial charge in [0.05, 0.1) is 28.7 Å². The van der Waals surface area contributed by atoms with Crippen molar-refractivity contribution in [1.29, 1.82) is 0 Å². The number of carbonyl (C=O) groups is 1. The molecule has 8 heteroatoms. The van der Waals surface area contributed by atoms with Gasteiger partial charge in [-0.3, -0.25) is 4.79 Å². The average molecular weight is 375 g/mol. The highest BCUT2D eigenvalue weighted by Crippen LogP contribution is 2.26. The first-order valence-corrected chi connectivity index (χ1v) is 9.87. The van der Waals surface area contributed by atoms with Crippen LogP contribution < -0.4 is 10.2 Å².